The van der Waals surface area contributed by atoms with Gasteiger partial charge in [0.15, 0.2) is 5.78 Å². The van der Waals surface area contributed by atoms with Crippen molar-refractivity contribution < 1.29 is 14.7 Å². The monoisotopic (exact) mass is 367 g/mol. The maximum Gasteiger partial charge on any atom is 0.167 e. The van der Waals surface area contributed by atoms with Gasteiger partial charge in [-0.3, -0.25) is 4.79 Å². The second-order valence-electron chi connectivity index (χ2n) is 6.63. The summed E-state index contributed by atoms with van der Waals surface area (Å²) in [7, 11) is 1.95. The van der Waals surface area contributed by atoms with Gasteiger partial charge in [0.2, 0.25) is 0 Å². The van der Waals surface area contributed by atoms with Crippen molar-refractivity contribution in [3.8, 4) is 0 Å². The van der Waals surface area contributed by atoms with Crippen LogP contribution in [0.4, 0.5) is 5.69 Å². The predicted molar refractivity (Wildman–Crippen MR) is 100 cm³/mol. The van der Waals surface area contributed by atoms with E-state index in [-0.39, 0.29) is 22.5 Å². The molecule has 134 valence electrons. The summed E-state index contributed by atoms with van der Waals surface area (Å²) < 4.78 is 0. The first-order chi connectivity index (χ1) is 12.3. The number of nitrogens with zero attached hydrogens (tertiary/aromatic N) is 2. The molecule has 0 spiro atoms. The molecule has 2 heterocycles. The summed E-state index contributed by atoms with van der Waals surface area (Å²) in [5, 5.41) is 11.4. The summed E-state index contributed by atoms with van der Waals surface area (Å²) in [5.41, 5.74) is 2.92. The summed E-state index contributed by atoms with van der Waals surface area (Å²) in [6.45, 7) is 4.18. The highest BCUT2D eigenvalue weighted by Crippen LogP contribution is 2.46. The fourth-order valence-corrected chi connectivity index (χ4v) is 4.06. The molecule has 0 N–H and O–H groups in total. The maximum atomic E-state index is 12.5. The van der Waals surface area contributed by atoms with Crippen LogP contribution in [0, 0.1) is 0 Å². The molecular formula is C20H19N2O3S-. The Bertz CT molecular complexity index is 905. The molecule has 0 bridgehead atoms. The van der Waals surface area contributed by atoms with Gasteiger partial charge < -0.3 is 14.8 Å². The van der Waals surface area contributed by atoms with E-state index in [9.17, 15) is 14.7 Å². The molecular weight excluding hydrogens is 348 g/mol. The molecule has 0 amide bonds. The molecule has 2 aromatic rings. The highest BCUT2D eigenvalue weighted by atomic mass is 32.2. The van der Waals surface area contributed by atoms with Crippen LogP contribution in [0.25, 0.3) is 0 Å². The van der Waals surface area contributed by atoms with Crippen LogP contribution in [0.15, 0.2) is 59.4 Å². The molecule has 6 heteroatoms. The van der Waals surface area contributed by atoms with Gasteiger partial charge in [-0.25, -0.2) is 4.98 Å². The molecule has 0 radical (unpaired) electrons. The van der Waals surface area contributed by atoms with Crippen molar-refractivity contribution in [2.45, 2.75) is 24.3 Å². The largest absolute Gasteiger partial charge is 0.545 e. The number of ketones is 1. The van der Waals surface area contributed by atoms with Crippen LogP contribution in [0.5, 0.6) is 0 Å². The van der Waals surface area contributed by atoms with Gasteiger partial charge in [0.05, 0.1) is 11.7 Å². The summed E-state index contributed by atoms with van der Waals surface area (Å²) >= 11 is 1.11. The van der Waals surface area contributed by atoms with Crippen LogP contribution in [0.2, 0.25) is 0 Å². The van der Waals surface area contributed by atoms with Crippen molar-refractivity contribution in [3.05, 3.63) is 65.5 Å². The third-order valence-corrected chi connectivity index (χ3v) is 5.61. The number of carboxylic acids is 1. The number of anilines is 1. The molecule has 1 aromatic heterocycles. The molecule has 26 heavy (non-hydrogen) atoms. The van der Waals surface area contributed by atoms with Gasteiger partial charge in [-0.15, -0.1) is 0 Å². The number of rotatable bonds is 5. The number of hydrogen-bond acceptors (Lipinski definition) is 6. The average Bonchev–Trinajstić information content (AvgIpc) is 2.81. The van der Waals surface area contributed by atoms with Crippen molar-refractivity contribution in [2.24, 2.45) is 0 Å². The Morgan fingerprint density at radius 2 is 1.96 bits per heavy atom. The Hall–Kier alpha value is -2.60. The molecule has 0 fully saturated rings. The predicted octanol–water partition coefficient (Wildman–Crippen LogP) is 2.42. The highest BCUT2D eigenvalue weighted by Gasteiger charge is 2.38. The molecule has 1 aliphatic heterocycles. The number of carbonyl (C=O) groups excluding carboxylic acids is 2. The number of thioether (sulfide) groups is 1. The number of likely N-dealkylation sites (N-methyl/N-ethyl adjacent to an activating group) is 1. The van der Waals surface area contributed by atoms with E-state index in [1.165, 1.54) is 23.9 Å². The molecule has 3 rings (SSSR count). The molecule has 0 atom stereocenters. The lowest BCUT2D eigenvalue weighted by Gasteiger charge is -2.23. The first kappa shape index (κ1) is 18.2. The zero-order valence-electron chi connectivity index (χ0n) is 14.9. The number of benzene rings is 1. The summed E-state index contributed by atoms with van der Waals surface area (Å²) in [4.78, 5) is 29.7. The Kier molecular flexibility index (Phi) is 4.87. The van der Waals surface area contributed by atoms with Gasteiger partial charge >= 0.3 is 0 Å². The Balaban J connectivity index is 1.79. The lowest BCUT2D eigenvalue weighted by atomic mass is 9.83. The van der Waals surface area contributed by atoms with Crippen LogP contribution in [-0.4, -0.2) is 29.5 Å². The minimum absolute atomic E-state index is 0.00340. The molecule has 0 unspecified atom stereocenters. The van der Waals surface area contributed by atoms with Crippen LogP contribution in [0.3, 0.4) is 0 Å². The summed E-state index contributed by atoms with van der Waals surface area (Å²) in [5.74, 6) is -1.27. The minimum Gasteiger partial charge on any atom is -0.545 e. The van der Waals surface area contributed by atoms with Gasteiger partial charge in [-0.2, -0.15) is 0 Å². The number of pyridine rings is 1. The molecule has 0 aliphatic carbocycles. The molecule has 1 aromatic carbocycles. The second kappa shape index (κ2) is 6.96. The van der Waals surface area contributed by atoms with Crippen LogP contribution >= 0.6 is 11.8 Å². The van der Waals surface area contributed by atoms with E-state index in [0.29, 0.717) is 5.03 Å². The molecule has 1 aliphatic rings. The average molecular weight is 367 g/mol. The number of hydrogen-bond donors (Lipinski definition) is 0. The standard InChI is InChI=1S/C20H20N2O3S/c1-20(2)15-8-4-5-9-16(15)22(3)17(20)11-13(23)12-26-18-14(19(24)25)7-6-10-21-18/h4-11H,12H2,1-3H3,(H,24,25)/p-1/b17-11-. The van der Waals surface area contributed by atoms with E-state index in [1.807, 2.05) is 30.1 Å². The third-order valence-electron chi connectivity index (χ3n) is 4.58. The SMILES string of the molecule is CN1/C(=C\C(=O)CSc2ncccc2C(=O)[O-])C(C)(C)c2ccccc21. The number of carbonyl (C=O) groups is 2. The van der Waals surface area contributed by atoms with Crippen molar-refractivity contribution >= 4 is 29.2 Å². The number of allylic oxidation sites excluding steroid dienone is 2. The lowest BCUT2D eigenvalue weighted by molar-refractivity contribution is -0.255. The van der Waals surface area contributed by atoms with Crippen molar-refractivity contribution in [3.63, 3.8) is 0 Å². The zero-order valence-corrected chi connectivity index (χ0v) is 15.7. The van der Waals surface area contributed by atoms with Crippen LogP contribution < -0.4 is 10.0 Å². The molecule has 5 nitrogen and oxygen atoms in total. The van der Waals surface area contributed by atoms with Crippen molar-refractivity contribution in [1.82, 2.24) is 4.98 Å². The number of para-hydroxylation sites is 1. The fourth-order valence-electron chi connectivity index (χ4n) is 3.25. The van der Waals surface area contributed by atoms with Crippen molar-refractivity contribution in [1.29, 1.82) is 0 Å². The first-order valence-electron chi connectivity index (χ1n) is 8.20. The Morgan fingerprint density at radius 1 is 1.23 bits per heavy atom. The van der Waals surface area contributed by atoms with Gasteiger partial charge in [0.1, 0.15) is 5.03 Å². The molecule has 0 saturated heterocycles. The van der Waals surface area contributed by atoms with Gasteiger partial charge in [-0.1, -0.05) is 43.8 Å². The van der Waals surface area contributed by atoms with E-state index >= 15 is 0 Å². The quantitative estimate of drug-likeness (QED) is 0.597. The number of aromatic carboxylic acids is 1. The Labute approximate surface area is 156 Å². The zero-order chi connectivity index (χ0) is 18.9. The first-order valence-corrected chi connectivity index (χ1v) is 9.18. The van der Waals surface area contributed by atoms with Crippen LogP contribution in [-0.2, 0) is 10.2 Å². The number of carboxylic acid groups (broad SMARTS) is 1. The summed E-state index contributed by atoms with van der Waals surface area (Å²) in [6.07, 6.45) is 3.15. The van der Waals surface area contributed by atoms with E-state index in [4.69, 9.17) is 0 Å². The van der Waals surface area contributed by atoms with Gasteiger partial charge in [0.25, 0.3) is 0 Å². The van der Waals surface area contributed by atoms with Gasteiger partial charge in [-0.05, 0) is 23.8 Å². The van der Waals surface area contributed by atoms with E-state index in [1.54, 1.807) is 6.08 Å². The van der Waals surface area contributed by atoms with E-state index in [2.05, 4.69) is 24.9 Å². The van der Waals surface area contributed by atoms with E-state index < -0.39 is 5.97 Å². The lowest BCUT2D eigenvalue weighted by Crippen LogP contribution is -2.24. The highest BCUT2D eigenvalue weighted by molar-refractivity contribution is 8.00. The van der Waals surface area contributed by atoms with Crippen LogP contribution in [0.1, 0.15) is 29.8 Å². The second-order valence-corrected chi connectivity index (χ2v) is 7.59. The normalized spacial score (nSPS) is 16.6. The number of aromatic nitrogens is 1. The topological polar surface area (TPSA) is 73.3 Å². The summed E-state index contributed by atoms with van der Waals surface area (Å²) in [6, 6.07) is 11.1. The van der Waals surface area contributed by atoms with E-state index in [0.717, 1.165) is 23.1 Å². The van der Waals surface area contributed by atoms with Crippen molar-refractivity contribution in [2.75, 3.05) is 17.7 Å². The maximum absolute atomic E-state index is 12.5. The van der Waals surface area contributed by atoms with Gasteiger partial charge in [0, 0.05) is 41.7 Å². The third kappa shape index (κ3) is 3.24. The molecule has 0 saturated carbocycles. The minimum atomic E-state index is -1.29. The number of fused-ring (bicyclic) bond motifs is 1. The fraction of sp³-hybridized carbons (Fsp3) is 0.250. The Morgan fingerprint density at radius 3 is 2.65 bits per heavy atom. The smallest absolute Gasteiger partial charge is 0.167 e.